The summed E-state index contributed by atoms with van der Waals surface area (Å²) >= 11 is 0. The maximum atomic E-state index is 10.6. The Morgan fingerprint density at radius 3 is 2.40 bits per heavy atom. The first kappa shape index (κ1) is 14.9. The Morgan fingerprint density at radius 1 is 1.30 bits per heavy atom. The average molecular weight is 277 g/mol. The summed E-state index contributed by atoms with van der Waals surface area (Å²) in [5.74, 6) is 0.499. The molecule has 0 radical (unpaired) electrons. The number of hydrogen-bond donors (Lipinski definition) is 1. The molecule has 0 aliphatic carbocycles. The molecule has 4 heteroatoms. The van der Waals surface area contributed by atoms with Crippen LogP contribution in [0, 0.1) is 5.92 Å². The lowest BCUT2D eigenvalue weighted by molar-refractivity contribution is -0.139. The lowest BCUT2D eigenvalue weighted by Crippen LogP contribution is -2.48. The number of carboxylic acids is 1. The van der Waals surface area contributed by atoms with Crippen LogP contribution >= 0.6 is 0 Å². The number of aliphatic carboxylic acids is 1. The van der Waals surface area contributed by atoms with E-state index in [2.05, 4.69) is 24.0 Å². The van der Waals surface area contributed by atoms with Crippen LogP contribution in [0.3, 0.4) is 0 Å². The third kappa shape index (κ3) is 3.73. The monoisotopic (exact) mass is 277 g/mol. The Kier molecular flexibility index (Phi) is 4.65. The number of carbonyl (C=O) groups is 1. The molecule has 1 aliphatic heterocycles. The van der Waals surface area contributed by atoms with Gasteiger partial charge in [-0.25, -0.2) is 0 Å². The van der Waals surface area contributed by atoms with E-state index < -0.39 is 5.97 Å². The smallest absolute Gasteiger partial charge is 0.303 e. The normalized spacial score (nSPS) is 17.8. The lowest BCUT2D eigenvalue weighted by atomic mass is 9.92. The molecule has 4 nitrogen and oxygen atoms in total. The van der Waals surface area contributed by atoms with Crippen LogP contribution in [-0.4, -0.2) is 35.2 Å². The van der Waals surface area contributed by atoms with E-state index in [-0.39, 0.29) is 12.5 Å². The maximum absolute atomic E-state index is 10.6. The molecule has 1 heterocycles. The largest absolute Gasteiger partial charge is 0.491 e. The fraction of sp³-hybridized carbons (Fsp3) is 0.562. The molecule has 110 valence electrons. The molecule has 0 amide bonds. The second-order valence-corrected chi connectivity index (χ2v) is 5.83. The Hall–Kier alpha value is -1.55. The highest BCUT2D eigenvalue weighted by atomic mass is 16.5. The van der Waals surface area contributed by atoms with E-state index in [1.165, 1.54) is 5.56 Å². The first-order valence-electron chi connectivity index (χ1n) is 7.18. The van der Waals surface area contributed by atoms with Crippen LogP contribution in [0.4, 0.5) is 0 Å². The second kappa shape index (κ2) is 6.27. The van der Waals surface area contributed by atoms with Gasteiger partial charge in [-0.1, -0.05) is 12.1 Å². The first-order chi connectivity index (χ1) is 9.45. The van der Waals surface area contributed by atoms with Gasteiger partial charge in [0.25, 0.3) is 0 Å². The van der Waals surface area contributed by atoms with Gasteiger partial charge in [-0.2, -0.15) is 0 Å². The lowest BCUT2D eigenvalue weighted by Gasteiger charge is -2.43. The summed E-state index contributed by atoms with van der Waals surface area (Å²) in [4.78, 5) is 13.0. The maximum Gasteiger partial charge on any atom is 0.303 e. The molecule has 0 saturated carbocycles. The standard InChI is InChI=1S/C16H23NO3/c1-11(2)20-15-6-4-14(5-7-15)12(3)17-9-13(10-17)8-16(18)19/h4-7,11-13H,8-10H2,1-3H3,(H,18,19). The van der Waals surface area contributed by atoms with Gasteiger partial charge in [0, 0.05) is 19.1 Å². The van der Waals surface area contributed by atoms with Crippen LogP contribution in [0.2, 0.25) is 0 Å². The van der Waals surface area contributed by atoms with Gasteiger partial charge >= 0.3 is 5.97 Å². The highest BCUT2D eigenvalue weighted by molar-refractivity contribution is 5.67. The summed E-state index contributed by atoms with van der Waals surface area (Å²) in [6.07, 6.45) is 0.468. The molecule has 2 rings (SSSR count). The molecule has 1 atom stereocenters. The van der Waals surface area contributed by atoms with Gasteiger partial charge in [0.15, 0.2) is 0 Å². The van der Waals surface area contributed by atoms with E-state index in [1.54, 1.807) is 0 Å². The van der Waals surface area contributed by atoms with Crippen LogP contribution in [0.25, 0.3) is 0 Å². The quantitative estimate of drug-likeness (QED) is 0.868. The predicted molar refractivity (Wildman–Crippen MR) is 77.9 cm³/mol. The average Bonchev–Trinajstić information content (AvgIpc) is 2.32. The molecule has 0 aromatic heterocycles. The summed E-state index contributed by atoms with van der Waals surface area (Å²) in [6, 6.07) is 8.51. The summed E-state index contributed by atoms with van der Waals surface area (Å²) in [5, 5.41) is 8.76. The molecular weight excluding hydrogens is 254 g/mol. The van der Waals surface area contributed by atoms with Crippen molar-refractivity contribution in [1.29, 1.82) is 0 Å². The predicted octanol–water partition coefficient (Wildman–Crippen LogP) is 2.94. The van der Waals surface area contributed by atoms with E-state index in [4.69, 9.17) is 9.84 Å². The van der Waals surface area contributed by atoms with Gasteiger partial charge in [0.1, 0.15) is 5.75 Å². The van der Waals surface area contributed by atoms with Crippen molar-refractivity contribution in [2.24, 2.45) is 5.92 Å². The van der Waals surface area contributed by atoms with Crippen LogP contribution < -0.4 is 4.74 Å². The van der Waals surface area contributed by atoms with Gasteiger partial charge in [-0.3, -0.25) is 9.69 Å². The molecule has 20 heavy (non-hydrogen) atoms. The summed E-state index contributed by atoms with van der Waals surface area (Å²) in [5.41, 5.74) is 1.25. The second-order valence-electron chi connectivity index (χ2n) is 5.83. The molecule has 0 spiro atoms. The van der Waals surface area contributed by atoms with Crippen molar-refractivity contribution < 1.29 is 14.6 Å². The van der Waals surface area contributed by atoms with Gasteiger partial charge in [-0.15, -0.1) is 0 Å². The van der Waals surface area contributed by atoms with Gasteiger partial charge in [0.2, 0.25) is 0 Å². The number of benzene rings is 1. The summed E-state index contributed by atoms with van der Waals surface area (Å²) < 4.78 is 5.63. The Labute approximate surface area is 120 Å². The van der Waals surface area contributed by atoms with E-state index in [9.17, 15) is 4.79 Å². The number of carboxylic acid groups (broad SMARTS) is 1. The Balaban J connectivity index is 1.87. The van der Waals surface area contributed by atoms with E-state index in [0.717, 1.165) is 18.8 Å². The van der Waals surface area contributed by atoms with Crippen LogP contribution in [0.1, 0.15) is 38.8 Å². The molecule has 0 bridgehead atoms. The summed E-state index contributed by atoms with van der Waals surface area (Å²) in [6.45, 7) is 7.93. The zero-order chi connectivity index (χ0) is 14.7. The first-order valence-corrected chi connectivity index (χ1v) is 7.18. The number of likely N-dealkylation sites (tertiary alicyclic amines) is 1. The highest BCUT2D eigenvalue weighted by Crippen LogP contribution is 2.30. The number of ether oxygens (including phenoxy) is 1. The third-order valence-corrected chi connectivity index (χ3v) is 3.73. The van der Waals surface area contributed by atoms with Crippen molar-refractivity contribution in [3.8, 4) is 5.75 Å². The topological polar surface area (TPSA) is 49.8 Å². The molecule has 1 N–H and O–H groups in total. The molecule has 1 aromatic carbocycles. The fourth-order valence-corrected chi connectivity index (χ4v) is 2.61. The zero-order valence-corrected chi connectivity index (χ0v) is 12.4. The zero-order valence-electron chi connectivity index (χ0n) is 12.4. The van der Waals surface area contributed by atoms with E-state index >= 15 is 0 Å². The van der Waals surface area contributed by atoms with E-state index in [1.807, 2.05) is 26.0 Å². The van der Waals surface area contributed by atoms with Crippen molar-refractivity contribution in [1.82, 2.24) is 4.90 Å². The minimum atomic E-state index is -0.697. The van der Waals surface area contributed by atoms with Crippen molar-refractivity contribution >= 4 is 5.97 Å². The van der Waals surface area contributed by atoms with E-state index in [0.29, 0.717) is 12.0 Å². The fourth-order valence-electron chi connectivity index (χ4n) is 2.61. The molecule has 1 aromatic rings. The van der Waals surface area contributed by atoms with Gasteiger partial charge in [-0.05, 0) is 44.4 Å². The highest BCUT2D eigenvalue weighted by Gasteiger charge is 2.32. The van der Waals surface area contributed by atoms with Crippen molar-refractivity contribution in [2.75, 3.05) is 13.1 Å². The SMILES string of the molecule is CC(C)Oc1ccc(C(C)N2CC(CC(=O)O)C2)cc1. The van der Waals surface area contributed by atoms with Gasteiger partial charge < -0.3 is 9.84 Å². The summed E-state index contributed by atoms with van der Waals surface area (Å²) in [7, 11) is 0. The number of hydrogen-bond acceptors (Lipinski definition) is 3. The number of rotatable bonds is 6. The number of nitrogens with zero attached hydrogens (tertiary/aromatic N) is 1. The molecule has 1 saturated heterocycles. The van der Waals surface area contributed by atoms with Crippen LogP contribution in [0.15, 0.2) is 24.3 Å². The van der Waals surface area contributed by atoms with Crippen molar-refractivity contribution in [2.45, 2.75) is 39.3 Å². The molecule has 1 unspecified atom stereocenters. The molecular formula is C16H23NO3. The third-order valence-electron chi connectivity index (χ3n) is 3.73. The minimum absolute atomic E-state index is 0.186. The Morgan fingerprint density at radius 2 is 1.90 bits per heavy atom. The minimum Gasteiger partial charge on any atom is -0.491 e. The van der Waals surface area contributed by atoms with Crippen LogP contribution in [0.5, 0.6) is 5.75 Å². The Bertz CT molecular complexity index is 449. The van der Waals surface area contributed by atoms with Crippen LogP contribution in [-0.2, 0) is 4.79 Å². The van der Waals surface area contributed by atoms with Gasteiger partial charge in [0.05, 0.1) is 12.5 Å². The van der Waals surface area contributed by atoms with Crippen molar-refractivity contribution in [3.05, 3.63) is 29.8 Å². The molecule has 1 fully saturated rings. The van der Waals surface area contributed by atoms with Crippen molar-refractivity contribution in [3.63, 3.8) is 0 Å². The molecule has 1 aliphatic rings.